The fraction of sp³-hybridized carbons (Fsp3) is 0.385. The van der Waals surface area contributed by atoms with Gasteiger partial charge in [0.25, 0.3) is 0 Å². The molecule has 0 aliphatic carbocycles. The van der Waals surface area contributed by atoms with Crippen LogP contribution in [-0.2, 0) is 14.3 Å². The first-order valence-corrected chi connectivity index (χ1v) is 12.1. The summed E-state index contributed by atoms with van der Waals surface area (Å²) in [5.74, 6) is -0.397. The number of aliphatic hydroxyl groups is 1. The number of hydrogen-bond acceptors (Lipinski definition) is 4. The number of ether oxygens (including phenoxy) is 1. The molecule has 35 heavy (non-hydrogen) atoms. The summed E-state index contributed by atoms with van der Waals surface area (Å²) < 4.78 is 5.47. The minimum atomic E-state index is -1.34. The molecule has 2 aromatic carbocycles. The number of H-pyrrole nitrogens is 1. The van der Waals surface area contributed by atoms with Gasteiger partial charge in [-0.1, -0.05) is 41.4 Å². The molecule has 1 heterocycles. The van der Waals surface area contributed by atoms with Crippen molar-refractivity contribution in [3.63, 3.8) is 0 Å². The van der Waals surface area contributed by atoms with Gasteiger partial charge >= 0.3 is 0 Å². The average Bonchev–Trinajstić information content (AvgIpc) is 3.14. The molecule has 2 unspecified atom stereocenters. The van der Waals surface area contributed by atoms with Crippen molar-refractivity contribution in [2.24, 2.45) is 0 Å². The summed E-state index contributed by atoms with van der Waals surface area (Å²) in [5, 5.41) is 15.5. The Hall–Kier alpha value is -2.58. The summed E-state index contributed by atoms with van der Waals surface area (Å²) in [6, 6.07) is 10.7. The number of nitrogens with zero attached hydrogens (tertiary/aromatic N) is 1. The van der Waals surface area contributed by atoms with Crippen molar-refractivity contribution < 1.29 is 19.4 Å². The van der Waals surface area contributed by atoms with Gasteiger partial charge in [0, 0.05) is 38.7 Å². The number of rotatable bonds is 9. The zero-order chi connectivity index (χ0) is 25.9. The van der Waals surface area contributed by atoms with Gasteiger partial charge in [0.15, 0.2) is 6.29 Å². The Kier molecular flexibility index (Phi) is 8.49. The second kappa shape index (κ2) is 11.0. The van der Waals surface area contributed by atoms with E-state index in [4.69, 9.17) is 27.9 Å². The Balaban J connectivity index is 2.26. The van der Waals surface area contributed by atoms with E-state index in [-0.39, 0.29) is 12.3 Å². The Morgan fingerprint density at radius 2 is 1.80 bits per heavy atom. The van der Waals surface area contributed by atoms with Gasteiger partial charge in [0.2, 0.25) is 12.3 Å². The van der Waals surface area contributed by atoms with Crippen molar-refractivity contribution in [3.8, 4) is 0 Å². The van der Waals surface area contributed by atoms with Crippen LogP contribution < -0.4 is 5.32 Å². The third-order valence-corrected chi connectivity index (χ3v) is 6.13. The molecule has 1 aromatic heterocycles. The Bertz CT molecular complexity index is 1190. The highest BCUT2D eigenvalue weighted by molar-refractivity contribution is 6.31. The molecule has 0 bridgehead atoms. The second-order valence-corrected chi connectivity index (χ2v) is 10.2. The zero-order valence-electron chi connectivity index (χ0n) is 20.4. The molecule has 3 N–H and O–H groups in total. The van der Waals surface area contributed by atoms with Crippen LogP contribution in [0.2, 0.25) is 10.0 Å². The topological polar surface area (TPSA) is 94.7 Å². The molecule has 9 heteroatoms. The van der Waals surface area contributed by atoms with Crippen molar-refractivity contribution in [1.29, 1.82) is 0 Å². The lowest BCUT2D eigenvalue weighted by atomic mass is 9.96. The molecule has 0 fully saturated rings. The first-order valence-electron chi connectivity index (χ1n) is 11.4. The van der Waals surface area contributed by atoms with Crippen LogP contribution in [0, 0.1) is 0 Å². The van der Waals surface area contributed by atoms with Gasteiger partial charge in [0.05, 0.1) is 11.7 Å². The van der Waals surface area contributed by atoms with Gasteiger partial charge in [-0.25, -0.2) is 0 Å². The van der Waals surface area contributed by atoms with E-state index in [9.17, 15) is 14.7 Å². The molecule has 3 atom stereocenters. The predicted molar refractivity (Wildman–Crippen MR) is 138 cm³/mol. The molecule has 0 aliphatic rings. The molecule has 0 spiro atoms. The first kappa shape index (κ1) is 27.0. The quantitative estimate of drug-likeness (QED) is 0.250. The zero-order valence-corrected chi connectivity index (χ0v) is 21.9. The van der Waals surface area contributed by atoms with Crippen LogP contribution in [0.4, 0.5) is 0 Å². The number of aliphatic hydroxyl groups excluding tert-OH is 1. The van der Waals surface area contributed by atoms with Crippen LogP contribution in [0.25, 0.3) is 10.9 Å². The molecule has 0 saturated heterocycles. The van der Waals surface area contributed by atoms with Gasteiger partial charge in [0.1, 0.15) is 6.04 Å². The van der Waals surface area contributed by atoms with Gasteiger partial charge in [-0.2, -0.15) is 0 Å². The van der Waals surface area contributed by atoms with Crippen LogP contribution in [-0.4, -0.2) is 39.5 Å². The van der Waals surface area contributed by atoms with Gasteiger partial charge in [-0.3, -0.25) is 9.59 Å². The van der Waals surface area contributed by atoms with Gasteiger partial charge < -0.3 is 25.0 Å². The van der Waals surface area contributed by atoms with E-state index in [1.165, 1.54) is 4.90 Å². The van der Waals surface area contributed by atoms with Gasteiger partial charge in [-0.15, -0.1) is 0 Å². The minimum Gasteiger partial charge on any atom is -0.363 e. The largest absolute Gasteiger partial charge is 0.363 e. The summed E-state index contributed by atoms with van der Waals surface area (Å²) in [6.45, 7) is 9.42. The van der Waals surface area contributed by atoms with Crippen molar-refractivity contribution in [2.45, 2.75) is 58.5 Å². The lowest BCUT2D eigenvalue weighted by Crippen LogP contribution is -2.48. The lowest BCUT2D eigenvalue weighted by Gasteiger charge is -2.35. The summed E-state index contributed by atoms with van der Waals surface area (Å²) in [6.07, 6.45) is -0.692. The lowest BCUT2D eigenvalue weighted by molar-refractivity contribution is -0.136. The molecule has 3 aromatic rings. The maximum Gasteiger partial charge on any atom is 0.247 e. The highest BCUT2D eigenvalue weighted by atomic mass is 35.5. The Labute approximate surface area is 215 Å². The number of carbonyl (C=O) groups is 2. The van der Waals surface area contributed by atoms with Crippen LogP contribution in [0.1, 0.15) is 69.8 Å². The summed E-state index contributed by atoms with van der Waals surface area (Å²) in [7, 11) is 0. The number of aromatic nitrogens is 1. The van der Waals surface area contributed by atoms with E-state index in [2.05, 4.69) is 10.3 Å². The molecule has 0 saturated carbocycles. The number of carbonyl (C=O) groups excluding carboxylic acids is 2. The van der Waals surface area contributed by atoms with E-state index in [1.54, 1.807) is 37.3 Å². The van der Waals surface area contributed by atoms with Crippen LogP contribution in [0.15, 0.2) is 42.5 Å². The van der Waals surface area contributed by atoms with Gasteiger partial charge in [-0.05, 0) is 64.4 Å². The number of fused-ring (bicyclic) bond motifs is 1. The number of hydrogen-bond donors (Lipinski definition) is 3. The highest BCUT2D eigenvalue weighted by Gasteiger charge is 2.37. The summed E-state index contributed by atoms with van der Waals surface area (Å²) >= 11 is 12.3. The van der Waals surface area contributed by atoms with E-state index >= 15 is 0 Å². The van der Waals surface area contributed by atoms with E-state index in [0.717, 1.165) is 5.56 Å². The van der Waals surface area contributed by atoms with Crippen molar-refractivity contribution in [2.75, 3.05) is 6.61 Å². The summed E-state index contributed by atoms with van der Waals surface area (Å²) in [4.78, 5) is 31.0. The standard InChI is InChI=1S/C26H31Cl2N3O4/c1-6-35-25(34)22-21(19-12-11-18(28)13-20(19)29-22)23(24(33)30-26(3,4)5)31(14-32)15(2)16-7-9-17(27)10-8-16/h7-15,23,25,29,34H,6H2,1-5H3,(H,30,33)/t15-,23?,25?/m1/s1. The predicted octanol–water partition coefficient (Wildman–Crippen LogP) is 5.68. The number of halogens is 2. The van der Waals surface area contributed by atoms with E-state index in [0.29, 0.717) is 32.9 Å². The maximum absolute atomic E-state index is 13.8. The highest BCUT2D eigenvalue weighted by Crippen LogP contribution is 2.39. The van der Waals surface area contributed by atoms with Crippen LogP contribution >= 0.6 is 23.2 Å². The normalized spacial score (nSPS) is 14.4. The second-order valence-electron chi connectivity index (χ2n) is 9.37. The van der Waals surface area contributed by atoms with Crippen molar-refractivity contribution >= 4 is 46.4 Å². The molecular formula is C26H31Cl2N3O4. The maximum atomic E-state index is 13.8. The van der Waals surface area contributed by atoms with E-state index in [1.807, 2.05) is 39.8 Å². The van der Waals surface area contributed by atoms with Crippen molar-refractivity contribution in [1.82, 2.24) is 15.2 Å². The SMILES string of the molecule is CCOC(O)c1[nH]c2cc(Cl)ccc2c1C(C(=O)NC(C)(C)C)N(C=O)[C@H](C)c1ccc(Cl)cc1. The fourth-order valence-corrected chi connectivity index (χ4v) is 4.38. The van der Waals surface area contributed by atoms with Crippen molar-refractivity contribution in [3.05, 3.63) is 69.3 Å². The third kappa shape index (κ3) is 6.16. The smallest absolute Gasteiger partial charge is 0.247 e. The molecule has 2 amide bonds. The summed E-state index contributed by atoms with van der Waals surface area (Å²) in [5.41, 5.74) is 1.56. The number of nitrogens with one attached hydrogen (secondary N) is 2. The fourth-order valence-electron chi connectivity index (χ4n) is 4.09. The Morgan fingerprint density at radius 3 is 2.37 bits per heavy atom. The average molecular weight is 520 g/mol. The number of aromatic amines is 1. The molecule has 7 nitrogen and oxygen atoms in total. The monoisotopic (exact) mass is 519 g/mol. The molecule has 0 aliphatic heterocycles. The molecule has 188 valence electrons. The molecular weight excluding hydrogens is 489 g/mol. The molecule has 3 rings (SSSR count). The number of benzene rings is 2. The third-order valence-electron chi connectivity index (χ3n) is 5.64. The van der Waals surface area contributed by atoms with E-state index < -0.39 is 29.8 Å². The Morgan fingerprint density at radius 1 is 1.17 bits per heavy atom. The first-order chi connectivity index (χ1) is 16.5. The van der Waals surface area contributed by atoms with Crippen LogP contribution in [0.3, 0.4) is 0 Å². The van der Waals surface area contributed by atoms with Crippen LogP contribution in [0.5, 0.6) is 0 Å². The molecule has 0 radical (unpaired) electrons. The number of amides is 2. The minimum absolute atomic E-state index is 0.244.